The lowest BCUT2D eigenvalue weighted by Crippen LogP contribution is -2.31. The number of aryl methyl sites for hydroxylation is 2. The van der Waals surface area contributed by atoms with E-state index in [1.807, 2.05) is 27.1 Å². The Hall–Kier alpha value is -2.83. The highest BCUT2D eigenvalue weighted by atomic mass is 16.5. The standard InChI is InChI=1S/C16H20N4O3/c1-10-5-6-12(15(21)23-4)7-14(10)19-16(22)18-11(2)13-8-17-20(3)9-13/h5-9,11H,1-4H3,(H2,18,19,22)/t11-/m1/s1. The van der Waals surface area contributed by atoms with Gasteiger partial charge in [0.15, 0.2) is 0 Å². The molecule has 2 N–H and O–H groups in total. The summed E-state index contributed by atoms with van der Waals surface area (Å²) >= 11 is 0. The summed E-state index contributed by atoms with van der Waals surface area (Å²) < 4.78 is 6.36. The number of benzene rings is 1. The van der Waals surface area contributed by atoms with Gasteiger partial charge in [0.2, 0.25) is 0 Å². The first-order chi connectivity index (χ1) is 10.9. The molecule has 2 aromatic rings. The van der Waals surface area contributed by atoms with Gasteiger partial charge in [-0.15, -0.1) is 0 Å². The number of carbonyl (C=O) groups excluding carboxylic acids is 2. The van der Waals surface area contributed by atoms with Crippen molar-refractivity contribution in [1.82, 2.24) is 15.1 Å². The van der Waals surface area contributed by atoms with Crippen LogP contribution in [-0.4, -0.2) is 28.9 Å². The van der Waals surface area contributed by atoms with Crippen LogP contribution >= 0.6 is 0 Å². The Bertz CT molecular complexity index is 724. The molecule has 0 saturated heterocycles. The van der Waals surface area contributed by atoms with E-state index in [2.05, 4.69) is 20.5 Å². The lowest BCUT2D eigenvalue weighted by Gasteiger charge is -2.15. The zero-order valence-corrected chi connectivity index (χ0v) is 13.6. The molecule has 2 rings (SSSR count). The number of hydrogen-bond donors (Lipinski definition) is 2. The molecule has 0 spiro atoms. The normalized spacial score (nSPS) is 11.7. The summed E-state index contributed by atoms with van der Waals surface area (Å²) in [7, 11) is 3.13. The van der Waals surface area contributed by atoms with Crippen molar-refractivity contribution in [2.75, 3.05) is 12.4 Å². The number of urea groups is 1. The van der Waals surface area contributed by atoms with Gasteiger partial charge < -0.3 is 15.4 Å². The van der Waals surface area contributed by atoms with Gasteiger partial charge in [0.05, 0.1) is 24.9 Å². The van der Waals surface area contributed by atoms with Crippen molar-refractivity contribution in [2.45, 2.75) is 19.9 Å². The molecule has 0 saturated carbocycles. The molecule has 0 aliphatic rings. The second kappa shape index (κ2) is 6.95. The van der Waals surface area contributed by atoms with Crippen LogP contribution in [0, 0.1) is 6.92 Å². The number of carbonyl (C=O) groups is 2. The molecule has 1 heterocycles. The van der Waals surface area contributed by atoms with Gasteiger partial charge >= 0.3 is 12.0 Å². The largest absolute Gasteiger partial charge is 0.465 e. The molecular formula is C16H20N4O3. The minimum Gasteiger partial charge on any atom is -0.465 e. The third-order valence-electron chi connectivity index (χ3n) is 3.48. The van der Waals surface area contributed by atoms with Crippen molar-refractivity contribution in [3.8, 4) is 0 Å². The maximum atomic E-state index is 12.1. The van der Waals surface area contributed by atoms with Crippen LogP contribution in [0.5, 0.6) is 0 Å². The lowest BCUT2D eigenvalue weighted by molar-refractivity contribution is 0.0600. The number of anilines is 1. The predicted molar refractivity (Wildman–Crippen MR) is 86.3 cm³/mol. The number of rotatable bonds is 4. The molecule has 7 heteroatoms. The molecular weight excluding hydrogens is 296 g/mol. The SMILES string of the molecule is COC(=O)c1ccc(C)c(NC(=O)N[C@H](C)c2cnn(C)c2)c1. The lowest BCUT2D eigenvalue weighted by atomic mass is 10.1. The number of aromatic nitrogens is 2. The molecule has 7 nitrogen and oxygen atoms in total. The molecule has 0 radical (unpaired) electrons. The molecule has 122 valence electrons. The molecule has 1 aromatic carbocycles. The van der Waals surface area contributed by atoms with Crippen LogP contribution in [-0.2, 0) is 11.8 Å². The number of nitrogens with one attached hydrogen (secondary N) is 2. The van der Waals surface area contributed by atoms with E-state index >= 15 is 0 Å². The number of hydrogen-bond acceptors (Lipinski definition) is 4. The second-order valence-electron chi connectivity index (χ2n) is 5.29. The van der Waals surface area contributed by atoms with Gasteiger partial charge in [-0.05, 0) is 31.5 Å². The third-order valence-corrected chi connectivity index (χ3v) is 3.48. The number of esters is 1. The number of ether oxygens (including phenoxy) is 1. The fourth-order valence-electron chi connectivity index (χ4n) is 2.10. The summed E-state index contributed by atoms with van der Waals surface area (Å²) in [6.07, 6.45) is 3.54. The first kappa shape index (κ1) is 16.5. The Labute approximate surface area is 134 Å². The van der Waals surface area contributed by atoms with Gasteiger partial charge in [0.1, 0.15) is 0 Å². The molecule has 1 aromatic heterocycles. The first-order valence-electron chi connectivity index (χ1n) is 7.15. The smallest absolute Gasteiger partial charge is 0.337 e. The molecule has 23 heavy (non-hydrogen) atoms. The van der Waals surface area contributed by atoms with E-state index in [9.17, 15) is 9.59 Å². The summed E-state index contributed by atoms with van der Waals surface area (Å²) in [5.41, 5.74) is 2.70. The van der Waals surface area contributed by atoms with Gasteiger partial charge in [-0.2, -0.15) is 5.10 Å². The second-order valence-corrected chi connectivity index (χ2v) is 5.29. The Balaban J connectivity index is 2.06. The van der Waals surface area contributed by atoms with E-state index < -0.39 is 5.97 Å². The Morgan fingerprint density at radius 3 is 2.70 bits per heavy atom. The summed E-state index contributed by atoms with van der Waals surface area (Å²) in [4.78, 5) is 23.7. The molecule has 1 atom stereocenters. The summed E-state index contributed by atoms with van der Waals surface area (Å²) in [5, 5.41) is 9.66. The van der Waals surface area contributed by atoms with Crippen LogP contribution in [0.1, 0.15) is 34.5 Å². The predicted octanol–water partition coefficient (Wildman–Crippen LogP) is 2.40. The quantitative estimate of drug-likeness (QED) is 0.848. The van der Waals surface area contributed by atoms with Crippen LogP contribution in [0.3, 0.4) is 0 Å². The van der Waals surface area contributed by atoms with Gasteiger partial charge in [0.25, 0.3) is 0 Å². The third kappa shape index (κ3) is 4.09. The van der Waals surface area contributed by atoms with E-state index in [1.165, 1.54) is 7.11 Å². The van der Waals surface area contributed by atoms with Crippen LogP contribution < -0.4 is 10.6 Å². The minimum absolute atomic E-state index is 0.187. The maximum Gasteiger partial charge on any atom is 0.337 e. The van der Waals surface area contributed by atoms with E-state index in [0.29, 0.717) is 11.3 Å². The van der Waals surface area contributed by atoms with Crippen molar-refractivity contribution < 1.29 is 14.3 Å². The van der Waals surface area contributed by atoms with Crippen molar-refractivity contribution in [3.05, 3.63) is 47.3 Å². The molecule has 2 amide bonds. The van der Waals surface area contributed by atoms with Gasteiger partial charge in [-0.25, -0.2) is 9.59 Å². The number of amides is 2. The molecule has 0 aliphatic heterocycles. The van der Waals surface area contributed by atoms with E-state index in [4.69, 9.17) is 0 Å². The maximum absolute atomic E-state index is 12.1. The monoisotopic (exact) mass is 316 g/mol. The Morgan fingerprint density at radius 2 is 2.09 bits per heavy atom. The fourth-order valence-corrected chi connectivity index (χ4v) is 2.10. The van der Waals surface area contributed by atoms with Crippen LogP contribution in [0.2, 0.25) is 0 Å². The van der Waals surface area contributed by atoms with E-state index in [1.54, 1.807) is 29.1 Å². The Kier molecular flexibility index (Phi) is 5.00. The zero-order chi connectivity index (χ0) is 17.0. The first-order valence-corrected chi connectivity index (χ1v) is 7.15. The number of methoxy groups -OCH3 is 1. The Morgan fingerprint density at radius 1 is 1.35 bits per heavy atom. The highest BCUT2D eigenvalue weighted by molar-refractivity contribution is 5.94. The number of nitrogens with zero attached hydrogens (tertiary/aromatic N) is 2. The fraction of sp³-hybridized carbons (Fsp3) is 0.312. The summed E-state index contributed by atoms with van der Waals surface area (Å²) in [6, 6.07) is 4.46. The van der Waals surface area contributed by atoms with Crippen molar-refractivity contribution in [2.24, 2.45) is 7.05 Å². The van der Waals surface area contributed by atoms with Crippen molar-refractivity contribution >= 4 is 17.7 Å². The molecule has 0 aliphatic carbocycles. The highest BCUT2D eigenvalue weighted by Crippen LogP contribution is 2.18. The van der Waals surface area contributed by atoms with Gasteiger partial charge in [-0.1, -0.05) is 6.07 Å². The molecule has 0 fully saturated rings. The summed E-state index contributed by atoms with van der Waals surface area (Å²) in [6.45, 7) is 3.72. The van der Waals surface area contributed by atoms with Crippen LogP contribution in [0.25, 0.3) is 0 Å². The average Bonchev–Trinajstić information content (AvgIpc) is 2.95. The molecule has 0 unspecified atom stereocenters. The molecule has 0 bridgehead atoms. The van der Waals surface area contributed by atoms with Gasteiger partial charge in [0, 0.05) is 24.5 Å². The highest BCUT2D eigenvalue weighted by Gasteiger charge is 2.13. The van der Waals surface area contributed by atoms with E-state index in [0.717, 1.165) is 11.1 Å². The summed E-state index contributed by atoms with van der Waals surface area (Å²) in [5.74, 6) is -0.447. The van der Waals surface area contributed by atoms with E-state index in [-0.39, 0.29) is 12.1 Å². The van der Waals surface area contributed by atoms with Crippen molar-refractivity contribution in [3.63, 3.8) is 0 Å². The van der Waals surface area contributed by atoms with Crippen molar-refractivity contribution in [1.29, 1.82) is 0 Å². The van der Waals surface area contributed by atoms with Crippen LogP contribution in [0.4, 0.5) is 10.5 Å². The average molecular weight is 316 g/mol. The van der Waals surface area contributed by atoms with Crippen LogP contribution in [0.15, 0.2) is 30.6 Å². The zero-order valence-electron chi connectivity index (χ0n) is 13.6. The topological polar surface area (TPSA) is 85.2 Å². The minimum atomic E-state index is -0.447. The van der Waals surface area contributed by atoms with Gasteiger partial charge in [-0.3, -0.25) is 4.68 Å².